The third-order valence-electron chi connectivity index (χ3n) is 2.08. The fourth-order valence-electron chi connectivity index (χ4n) is 1.51. The molecule has 11 heavy (non-hydrogen) atoms. The third-order valence-corrected chi connectivity index (χ3v) is 2.08. The van der Waals surface area contributed by atoms with E-state index in [0.717, 1.165) is 32.1 Å². The molecule has 0 radical (unpaired) electrons. The van der Waals surface area contributed by atoms with E-state index in [2.05, 4.69) is 6.92 Å². The van der Waals surface area contributed by atoms with Crippen LogP contribution in [0.3, 0.4) is 0 Å². The molecule has 0 spiro atoms. The Balaban J connectivity index is 0.000001000. The maximum absolute atomic E-state index is 11.1. The van der Waals surface area contributed by atoms with E-state index in [1.165, 1.54) is 12.0 Å². The molecule has 1 nitrogen and oxygen atoms in total. The molecule has 0 aromatic carbocycles. The molecule has 0 heterocycles. The fourth-order valence-corrected chi connectivity index (χ4v) is 1.51. The van der Waals surface area contributed by atoms with Crippen molar-refractivity contribution in [1.82, 2.24) is 0 Å². The summed E-state index contributed by atoms with van der Waals surface area (Å²) < 4.78 is 0. The van der Waals surface area contributed by atoms with E-state index in [-0.39, 0.29) is 18.9 Å². The molecular weight excluding hydrogens is 131 g/mol. The predicted molar refractivity (Wildman–Crippen MR) is 40.4 cm³/mol. The van der Waals surface area contributed by atoms with Gasteiger partial charge in [0.05, 0.1) is 0 Å². The first-order valence-electron chi connectivity index (χ1n) is 4.22. The normalized spacial score (nSPS) is 17.9. The van der Waals surface area contributed by atoms with Crippen LogP contribution in [0.2, 0.25) is 0 Å². The number of rotatable bonds is 2. The molecule has 0 aliphatic heterocycles. The molecule has 0 aromatic heterocycles. The first kappa shape index (κ1) is 11.1. The number of hydrogen-bond acceptors (Lipinski definition) is 1. The van der Waals surface area contributed by atoms with Gasteiger partial charge in [-0.3, -0.25) is 0 Å². The van der Waals surface area contributed by atoms with Crippen molar-refractivity contribution in [3.05, 3.63) is 11.3 Å². The molecule has 58 valence electrons. The van der Waals surface area contributed by atoms with Gasteiger partial charge in [-0.05, 0) is 25.7 Å². The van der Waals surface area contributed by atoms with Gasteiger partial charge in [0.15, 0.2) is 0 Å². The molecule has 0 aromatic rings. The minimum absolute atomic E-state index is 0. The second-order valence-corrected chi connectivity index (χ2v) is 2.98. The first-order chi connectivity index (χ1) is 4.84. The van der Waals surface area contributed by atoms with Crippen LogP contribution in [-0.2, 0) is 0 Å². The minimum atomic E-state index is 0. The van der Waals surface area contributed by atoms with Gasteiger partial charge in [0.25, 0.3) is 0 Å². The summed E-state index contributed by atoms with van der Waals surface area (Å²) in [6, 6.07) is 0. The Kier molecular flexibility index (Phi) is 5.82. The van der Waals surface area contributed by atoms with Crippen LogP contribution >= 0.6 is 0 Å². The topological polar surface area (TPSA) is 23.1 Å². The summed E-state index contributed by atoms with van der Waals surface area (Å²) in [5, 5.41) is 11.1. The molecule has 0 N–H and O–H groups in total. The predicted octanol–water partition coefficient (Wildman–Crippen LogP) is -1.02. The van der Waals surface area contributed by atoms with E-state index < -0.39 is 0 Å². The maximum Gasteiger partial charge on any atom is 1.00 e. The Morgan fingerprint density at radius 3 is 2.45 bits per heavy atom. The molecule has 0 saturated carbocycles. The van der Waals surface area contributed by atoms with E-state index in [1.807, 2.05) is 0 Å². The largest absolute Gasteiger partial charge is 1.00 e. The van der Waals surface area contributed by atoms with Crippen LogP contribution in [0.5, 0.6) is 0 Å². The van der Waals surface area contributed by atoms with Crippen LogP contribution in [0, 0.1) is 0 Å². The average molecular weight is 146 g/mol. The fraction of sp³-hybridized carbons (Fsp3) is 0.778. The summed E-state index contributed by atoms with van der Waals surface area (Å²) in [5.74, 6) is 0.438. The Morgan fingerprint density at radius 1 is 1.27 bits per heavy atom. The van der Waals surface area contributed by atoms with Crippen molar-refractivity contribution >= 4 is 0 Å². The molecule has 1 rings (SSSR count). The van der Waals surface area contributed by atoms with E-state index in [4.69, 9.17) is 0 Å². The number of allylic oxidation sites excluding steroid dienone is 2. The van der Waals surface area contributed by atoms with Gasteiger partial charge in [-0.2, -0.15) is 0 Å². The zero-order chi connectivity index (χ0) is 7.40. The van der Waals surface area contributed by atoms with Crippen LogP contribution < -0.4 is 24.0 Å². The van der Waals surface area contributed by atoms with Crippen LogP contribution in [-0.4, -0.2) is 0 Å². The summed E-state index contributed by atoms with van der Waals surface area (Å²) in [6.07, 6.45) is 6.41. The molecule has 0 amide bonds. The van der Waals surface area contributed by atoms with Crippen molar-refractivity contribution in [3.63, 3.8) is 0 Å². The van der Waals surface area contributed by atoms with Gasteiger partial charge in [0, 0.05) is 0 Å². The first-order valence-corrected chi connectivity index (χ1v) is 4.22. The Bertz CT molecular complexity index is 140. The summed E-state index contributed by atoms with van der Waals surface area (Å²) >= 11 is 0. The molecule has 1 aliphatic rings. The molecular formula is C9H15LiO. The molecule has 0 fully saturated rings. The Morgan fingerprint density at radius 2 is 1.91 bits per heavy atom. The van der Waals surface area contributed by atoms with Crippen molar-refractivity contribution in [1.29, 1.82) is 0 Å². The smallest absolute Gasteiger partial charge is 0.875 e. The van der Waals surface area contributed by atoms with E-state index in [0.29, 0.717) is 5.76 Å². The monoisotopic (exact) mass is 146 g/mol. The zero-order valence-electron chi connectivity index (χ0n) is 7.65. The standard InChI is InChI=1S/C9H16O.Li/c1-2-5-8-6-3-4-7-9(8)10;/h10H,2-7H2,1H3;/q;+1/p-1. The van der Waals surface area contributed by atoms with Crippen molar-refractivity contribution in [2.24, 2.45) is 0 Å². The molecule has 0 bridgehead atoms. The summed E-state index contributed by atoms with van der Waals surface area (Å²) in [6.45, 7) is 2.13. The van der Waals surface area contributed by atoms with Crippen molar-refractivity contribution < 1.29 is 24.0 Å². The van der Waals surface area contributed by atoms with Crippen LogP contribution in [0.15, 0.2) is 11.3 Å². The van der Waals surface area contributed by atoms with E-state index in [1.54, 1.807) is 0 Å². The minimum Gasteiger partial charge on any atom is -0.875 e. The van der Waals surface area contributed by atoms with Crippen molar-refractivity contribution in [2.75, 3.05) is 0 Å². The van der Waals surface area contributed by atoms with Crippen molar-refractivity contribution in [3.8, 4) is 0 Å². The Hall–Kier alpha value is 0.137. The van der Waals surface area contributed by atoms with Gasteiger partial charge in [-0.25, -0.2) is 0 Å². The van der Waals surface area contributed by atoms with Crippen LogP contribution in [0.25, 0.3) is 0 Å². The maximum atomic E-state index is 11.1. The number of hydrogen-bond donors (Lipinski definition) is 0. The van der Waals surface area contributed by atoms with Gasteiger partial charge >= 0.3 is 18.9 Å². The second kappa shape index (κ2) is 5.75. The van der Waals surface area contributed by atoms with Gasteiger partial charge in [-0.1, -0.05) is 25.3 Å². The van der Waals surface area contributed by atoms with Crippen molar-refractivity contribution in [2.45, 2.75) is 45.4 Å². The van der Waals surface area contributed by atoms with Crippen LogP contribution in [0.1, 0.15) is 45.4 Å². The molecule has 0 atom stereocenters. The zero-order valence-corrected chi connectivity index (χ0v) is 7.65. The molecule has 0 unspecified atom stereocenters. The third kappa shape index (κ3) is 3.36. The second-order valence-electron chi connectivity index (χ2n) is 2.98. The summed E-state index contributed by atoms with van der Waals surface area (Å²) in [5.41, 5.74) is 1.20. The van der Waals surface area contributed by atoms with Crippen LogP contribution in [0.4, 0.5) is 0 Å². The SMILES string of the molecule is CCCC1=C([O-])CCCC1.[Li+]. The summed E-state index contributed by atoms with van der Waals surface area (Å²) in [4.78, 5) is 0. The average Bonchev–Trinajstić information content (AvgIpc) is 1.94. The van der Waals surface area contributed by atoms with Gasteiger partial charge in [0.2, 0.25) is 0 Å². The van der Waals surface area contributed by atoms with Gasteiger partial charge in [0.1, 0.15) is 0 Å². The molecule has 1 aliphatic carbocycles. The quantitative estimate of drug-likeness (QED) is 0.457. The van der Waals surface area contributed by atoms with E-state index >= 15 is 0 Å². The van der Waals surface area contributed by atoms with E-state index in [9.17, 15) is 5.11 Å². The Labute approximate surface area is 81.1 Å². The summed E-state index contributed by atoms with van der Waals surface area (Å²) in [7, 11) is 0. The molecule has 0 saturated heterocycles. The van der Waals surface area contributed by atoms with Gasteiger partial charge < -0.3 is 5.11 Å². The van der Waals surface area contributed by atoms with Gasteiger partial charge in [-0.15, -0.1) is 5.76 Å². The molecule has 2 heteroatoms.